The van der Waals surface area contributed by atoms with Crippen LogP contribution in [0.15, 0.2) is 18.2 Å². The van der Waals surface area contributed by atoms with Gasteiger partial charge in [-0.2, -0.15) is 0 Å². The molecule has 2 nitrogen and oxygen atoms in total. The molecule has 3 heteroatoms. The highest BCUT2D eigenvalue weighted by molar-refractivity contribution is 6.30. The van der Waals surface area contributed by atoms with E-state index in [0.717, 1.165) is 17.7 Å². The minimum atomic E-state index is 0.132. The molecule has 0 radical (unpaired) electrons. The third-order valence-electron chi connectivity index (χ3n) is 2.89. The van der Waals surface area contributed by atoms with E-state index < -0.39 is 0 Å². The predicted octanol–water partition coefficient (Wildman–Crippen LogP) is 3.24. The lowest BCUT2D eigenvalue weighted by atomic mass is 10.2. The summed E-state index contributed by atoms with van der Waals surface area (Å²) < 4.78 is 0. The third-order valence-corrected chi connectivity index (χ3v) is 3.13. The van der Waals surface area contributed by atoms with Gasteiger partial charge in [-0.1, -0.05) is 18.5 Å². The van der Waals surface area contributed by atoms with Crippen LogP contribution in [0, 0.1) is 18.8 Å². The van der Waals surface area contributed by atoms with Gasteiger partial charge in [0.2, 0.25) is 5.91 Å². The van der Waals surface area contributed by atoms with Gasteiger partial charge in [-0.15, -0.1) is 0 Å². The lowest BCUT2D eigenvalue weighted by Crippen LogP contribution is -2.15. The first kappa shape index (κ1) is 10.5. The van der Waals surface area contributed by atoms with Crippen molar-refractivity contribution in [3.8, 4) is 0 Å². The molecule has 1 aliphatic carbocycles. The monoisotopic (exact) mass is 223 g/mol. The number of carbonyl (C=O) groups excluding carboxylic acids is 1. The van der Waals surface area contributed by atoms with Gasteiger partial charge in [0.1, 0.15) is 0 Å². The summed E-state index contributed by atoms with van der Waals surface area (Å²) >= 11 is 5.84. The zero-order valence-electron chi connectivity index (χ0n) is 8.88. The van der Waals surface area contributed by atoms with E-state index in [1.54, 1.807) is 6.07 Å². The number of nitrogens with one attached hydrogen (secondary N) is 1. The smallest absolute Gasteiger partial charge is 0.227 e. The number of hydrogen-bond acceptors (Lipinski definition) is 1. The van der Waals surface area contributed by atoms with E-state index in [1.807, 2.05) is 19.1 Å². The van der Waals surface area contributed by atoms with E-state index in [9.17, 15) is 4.79 Å². The number of amides is 1. The Hall–Kier alpha value is -1.02. The van der Waals surface area contributed by atoms with Crippen LogP contribution in [0.2, 0.25) is 5.02 Å². The van der Waals surface area contributed by atoms with Crippen LogP contribution in [0.3, 0.4) is 0 Å². The second-order valence-corrected chi connectivity index (χ2v) is 4.70. The highest BCUT2D eigenvalue weighted by Gasteiger charge is 2.39. The topological polar surface area (TPSA) is 29.1 Å². The summed E-state index contributed by atoms with van der Waals surface area (Å²) in [5.41, 5.74) is 1.87. The van der Waals surface area contributed by atoms with Crippen molar-refractivity contribution in [2.45, 2.75) is 20.3 Å². The molecule has 1 saturated carbocycles. The van der Waals surface area contributed by atoms with E-state index in [1.165, 1.54) is 0 Å². The number of benzene rings is 1. The second-order valence-electron chi connectivity index (χ2n) is 4.27. The first-order valence-electron chi connectivity index (χ1n) is 5.15. The zero-order valence-corrected chi connectivity index (χ0v) is 9.64. The van der Waals surface area contributed by atoms with Crippen LogP contribution in [-0.2, 0) is 4.79 Å². The molecule has 2 rings (SSSR count). The van der Waals surface area contributed by atoms with Crippen LogP contribution in [0.1, 0.15) is 18.9 Å². The number of aryl methyl sites for hydroxylation is 1. The van der Waals surface area contributed by atoms with Crippen molar-refractivity contribution in [3.63, 3.8) is 0 Å². The van der Waals surface area contributed by atoms with Crippen LogP contribution >= 0.6 is 11.6 Å². The van der Waals surface area contributed by atoms with Crippen molar-refractivity contribution in [3.05, 3.63) is 28.8 Å². The molecule has 0 bridgehead atoms. The lowest BCUT2D eigenvalue weighted by molar-refractivity contribution is -0.117. The minimum Gasteiger partial charge on any atom is -0.326 e. The summed E-state index contributed by atoms with van der Waals surface area (Å²) in [4.78, 5) is 11.7. The molecule has 15 heavy (non-hydrogen) atoms. The van der Waals surface area contributed by atoms with Crippen molar-refractivity contribution in [2.24, 2.45) is 11.8 Å². The Bertz CT molecular complexity index is 403. The molecule has 0 saturated heterocycles. The van der Waals surface area contributed by atoms with Crippen molar-refractivity contribution < 1.29 is 4.79 Å². The maximum Gasteiger partial charge on any atom is 0.227 e. The van der Waals surface area contributed by atoms with E-state index in [-0.39, 0.29) is 11.8 Å². The van der Waals surface area contributed by atoms with Gasteiger partial charge < -0.3 is 5.32 Å². The number of anilines is 1. The molecule has 1 aromatic carbocycles. The molecule has 0 heterocycles. The lowest BCUT2D eigenvalue weighted by Gasteiger charge is -2.07. The molecule has 2 atom stereocenters. The maximum absolute atomic E-state index is 11.7. The summed E-state index contributed by atoms with van der Waals surface area (Å²) in [7, 11) is 0. The SMILES string of the molecule is Cc1cc(Cl)ccc1NC(=O)[C@@H]1C[C@@H]1C. The molecule has 0 aliphatic heterocycles. The number of rotatable bonds is 2. The fourth-order valence-electron chi connectivity index (χ4n) is 1.68. The molecule has 0 unspecified atom stereocenters. The van der Waals surface area contributed by atoms with Crippen LogP contribution in [0.4, 0.5) is 5.69 Å². The average Bonchev–Trinajstić information content (AvgIpc) is 2.88. The largest absolute Gasteiger partial charge is 0.326 e. The average molecular weight is 224 g/mol. The highest BCUT2D eigenvalue weighted by atomic mass is 35.5. The first-order chi connectivity index (χ1) is 7.08. The Morgan fingerprint density at radius 2 is 2.20 bits per heavy atom. The zero-order chi connectivity index (χ0) is 11.0. The standard InChI is InChI=1S/C12H14ClNO/c1-7-6-10(7)12(15)14-11-4-3-9(13)5-8(11)2/h3-5,7,10H,6H2,1-2H3,(H,14,15)/t7-,10+/m0/s1. The van der Waals surface area contributed by atoms with Gasteiger partial charge in [0, 0.05) is 16.6 Å². The Kier molecular flexibility index (Phi) is 2.70. The molecule has 1 aromatic rings. The van der Waals surface area contributed by atoms with E-state index in [0.29, 0.717) is 10.9 Å². The highest BCUT2D eigenvalue weighted by Crippen LogP contribution is 2.38. The maximum atomic E-state index is 11.7. The Labute approximate surface area is 94.6 Å². The van der Waals surface area contributed by atoms with Gasteiger partial charge in [0.15, 0.2) is 0 Å². The fourth-order valence-corrected chi connectivity index (χ4v) is 1.91. The summed E-state index contributed by atoms with van der Waals surface area (Å²) in [6, 6.07) is 5.50. The number of hydrogen-bond donors (Lipinski definition) is 1. The van der Waals surface area contributed by atoms with Crippen LogP contribution in [0.25, 0.3) is 0 Å². The van der Waals surface area contributed by atoms with Gasteiger partial charge in [0.25, 0.3) is 0 Å². The van der Waals surface area contributed by atoms with Gasteiger partial charge >= 0.3 is 0 Å². The van der Waals surface area contributed by atoms with Crippen LogP contribution in [0.5, 0.6) is 0 Å². The molecular formula is C12H14ClNO. The number of carbonyl (C=O) groups is 1. The van der Waals surface area contributed by atoms with Gasteiger partial charge in [-0.3, -0.25) is 4.79 Å². The van der Waals surface area contributed by atoms with Crippen molar-refractivity contribution >= 4 is 23.2 Å². The van der Waals surface area contributed by atoms with Gasteiger partial charge in [0.05, 0.1) is 0 Å². The normalized spacial score (nSPS) is 23.7. The quantitative estimate of drug-likeness (QED) is 0.820. The molecular weight excluding hydrogens is 210 g/mol. The first-order valence-corrected chi connectivity index (χ1v) is 5.52. The minimum absolute atomic E-state index is 0.132. The summed E-state index contributed by atoms with van der Waals surface area (Å²) in [6.45, 7) is 4.04. The predicted molar refractivity (Wildman–Crippen MR) is 62.1 cm³/mol. The van der Waals surface area contributed by atoms with E-state index in [4.69, 9.17) is 11.6 Å². The van der Waals surface area contributed by atoms with Gasteiger partial charge in [-0.25, -0.2) is 0 Å². The second kappa shape index (κ2) is 3.86. The molecule has 1 fully saturated rings. The van der Waals surface area contributed by atoms with E-state index >= 15 is 0 Å². The Morgan fingerprint density at radius 3 is 2.73 bits per heavy atom. The molecule has 0 spiro atoms. The van der Waals surface area contributed by atoms with Crippen LogP contribution < -0.4 is 5.32 Å². The summed E-state index contributed by atoms with van der Waals surface area (Å²) in [5.74, 6) is 0.880. The van der Waals surface area contributed by atoms with Gasteiger partial charge in [-0.05, 0) is 43.0 Å². The summed E-state index contributed by atoms with van der Waals surface area (Å²) in [5, 5.41) is 3.63. The van der Waals surface area contributed by atoms with Crippen molar-refractivity contribution in [2.75, 3.05) is 5.32 Å². The van der Waals surface area contributed by atoms with E-state index in [2.05, 4.69) is 12.2 Å². The fraction of sp³-hybridized carbons (Fsp3) is 0.417. The third kappa shape index (κ3) is 2.32. The Morgan fingerprint density at radius 1 is 1.53 bits per heavy atom. The summed E-state index contributed by atoms with van der Waals surface area (Å²) in [6.07, 6.45) is 1.01. The molecule has 0 aromatic heterocycles. The van der Waals surface area contributed by atoms with Crippen molar-refractivity contribution in [1.29, 1.82) is 0 Å². The molecule has 1 aliphatic rings. The molecule has 1 amide bonds. The van der Waals surface area contributed by atoms with Crippen molar-refractivity contribution in [1.82, 2.24) is 0 Å². The van der Waals surface area contributed by atoms with Crippen LogP contribution in [-0.4, -0.2) is 5.91 Å². The Balaban J connectivity index is 2.07. The molecule has 80 valence electrons. The molecule has 1 N–H and O–H groups in total. The number of halogens is 1.